The number of anilines is 2. The van der Waals surface area contributed by atoms with Crippen molar-refractivity contribution in [2.45, 2.75) is 26.2 Å². The van der Waals surface area contributed by atoms with E-state index in [1.54, 1.807) is 6.92 Å². The Balaban J connectivity index is 1.81. The molecule has 0 aliphatic heterocycles. The summed E-state index contributed by atoms with van der Waals surface area (Å²) in [5.41, 5.74) is 2.16. The topological polar surface area (TPSA) is 102 Å². The van der Waals surface area contributed by atoms with Gasteiger partial charge in [0, 0.05) is 16.1 Å². The maximum absolute atomic E-state index is 12.6. The predicted molar refractivity (Wildman–Crippen MR) is 105 cm³/mol. The highest BCUT2D eigenvalue weighted by atomic mass is 32.2. The van der Waals surface area contributed by atoms with Gasteiger partial charge in [0.15, 0.2) is 0 Å². The second kappa shape index (κ2) is 7.69. The molecule has 1 aliphatic carbocycles. The molecule has 144 valence electrons. The van der Waals surface area contributed by atoms with Crippen molar-refractivity contribution < 1.29 is 22.7 Å². The van der Waals surface area contributed by atoms with E-state index in [0.29, 0.717) is 21.8 Å². The molecule has 27 heavy (non-hydrogen) atoms. The Morgan fingerprint density at radius 1 is 1.19 bits per heavy atom. The lowest BCUT2D eigenvalue weighted by Crippen LogP contribution is -2.15. The number of nitrogens with one attached hydrogen (secondary N) is 2. The first-order valence-corrected chi connectivity index (χ1v) is 11.2. The van der Waals surface area contributed by atoms with Gasteiger partial charge in [-0.3, -0.25) is 9.52 Å². The molecule has 0 atom stereocenters. The summed E-state index contributed by atoms with van der Waals surface area (Å²) in [6.07, 6.45) is 3.76. The number of esters is 1. The van der Waals surface area contributed by atoms with Crippen LogP contribution in [-0.2, 0) is 27.6 Å². The Kier molecular flexibility index (Phi) is 5.52. The van der Waals surface area contributed by atoms with E-state index in [4.69, 9.17) is 4.74 Å². The van der Waals surface area contributed by atoms with Crippen molar-refractivity contribution in [1.82, 2.24) is 0 Å². The number of aryl methyl sites for hydroxylation is 1. The quantitative estimate of drug-likeness (QED) is 0.716. The van der Waals surface area contributed by atoms with E-state index in [9.17, 15) is 18.0 Å². The monoisotopic (exact) mass is 408 g/mol. The Morgan fingerprint density at radius 3 is 2.52 bits per heavy atom. The van der Waals surface area contributed by atoms with E-state index in [1.807, 2.05) is 0 Å². The fourth-order valence-corrected chi connectivity index (χ4v) is 4.83. The van der Waals surface area contributed by atoms with E-state index in [0.717, 1.165) is 36.0 Å². The van der Waals surface area contributed by atoms with Crippen molar-refractivity contribution in [2.24, 2.45) is 0 Å². The first kappa shape index (κ1) is 19.4. The van der Waals surface area contributed by atoms with Crippen LogP contribution in [0.2, 0.25) is 0 Å². The van der Waals surface area contributed by atoms with Crippen LogP contribution in [0.15, 0.2) is 24.3 Å². The maximum Gasteiger partial charge on any atom is 0.341 e. The Hall–Kier alpha value is -2.39. The van der Waals surface area contributed by atoms with E-state index in [-0.39, 0.29) is 12.5 Å². The zero-order valence-electron chi connectivity index (χ0n) is 15.0. The second-order valence-electron chi connectivity index (χ2n) is 6.19. The van der Waals surface area contributed by atoms with Crippen LogP contribution < -0.4 is 10.0 Å². The van der Waals surface area contributed by atoms with Crippen molar-refractivity contribution in [2.75, 3.05) is 22.9 Å². The van der Waals surface area contributed by atoms with Gasteiger partial charge in [-0.1, -0.05) is 0 Å². The number of benzene rings is 1. The van der Waals surface area contributed by atoms with Crippen LogP contribution in [0.1, 0.15) is 44.5 Å². The molecule has 0 unspecified atom stereocenters. The molecule has 1 aromatic carbocycles. The van der Waals surface area contributed by atoms with Crippen molar-refractivity contribution in [1.29, 1.82) is 0 Å². The summed E-state index contributed by atoms with van der Waals surface area (Å²) in [4.78, 5) is 26.0. The molecule has 9 heteroatoms. The maximum atomic E-state index is 12.6. The van der Waals surface area contributed by atoms with Crippen LogP contribution in [-0.4, -0.2) is 33.2 Å². The van der Waals surface area contributed by atoms with Crippen LogP contribution in [0.4, 0.5) is 10.7 Å². The molecule has 7 nitrogen and oxygen atoms in total. The number of rotatable bonds is 6. The minimum absolute atomic E-state index is 0.269. The van der Waals surface area contributed by atoms with Crippen molar-refractivity contribution in [3.05, 3.63) is 45.8 Å². The SMILES string of the molecule is CCOC(=O)c1c(NC(=O)c2ccc(NS(C)(=O)=O)cc2)sc2c1CCC2. The molecule has 1 heterocycles. The van der Waals surface area contributed by atoms with Crippen LogP contribution in [0.5, 0.6) is 0 Å². The van der Waals surface area contributed by atoms with Gasteiger partial charge in [0.25, 0.3) is 5.91 Å². The first-order valence-electron chi connectivity index (χ1n) is 8.49. The fourth-order valence-electron chi connectivity index (χ4n) is 2.99. The zero-order chi connectivity index (χ0) is 19.6. The van der Waals surface area contributed by atoms with Gasteiger partial charge in [-0.25, -0.2) is 13.2 Å². The smallest absolute Gasteiger partial charge is 0.341 e. The molecule has 0 spiro atoms. The summed E-state index contributed by atoms with van der Waals surface area (Å²) in [6.45, 7) is 2.01. The van der Waals surface area contributed by atoms with Crippen LogP contribution in [0.25, 0.3) is 0 Å². The number of sulfonamides is 1. The Morgan fingerprint density at radius 2 is 1.89 bits per heavy atom. The predicted octanol–water partition coefficient (Wildman–Crippen LogP) is 3.04. The number of hydrogen-bond donors (Lipinski definition) is 2. The lowest BCUT2D eigenvalue weighted by molar-refractivity contribution is 0.0527. The molecule has 0 radical (unpaired) electrons. The number of amides is 1. The molecular weight excluding hydrogens is 388 g/mol. The molecule has 0 fully saturated rings. The average molecular weight is 409 g/mol. The minimum atomic E-state index is -3.38. The highest BCUT2D eigenvalue weighted by molar-refractivity contribution is 7.92. The largest absolute Gasteiger partial charge is 0.462 e. The van der Waals surface area contributed by atoms with Gasteiger partial charge in [0.2, 0.25) is 10.0 Å². The summed E-state index contributed by atoms with van der Waals surface area (Å²) in [5.74, 6) is -0.786. The normalized spacial score (nSPS) is 13.1. The van der Waals surface area contributed by atoms with E-state index in [2.05, 4.69) is 10.0 Å². The van der Waals surface area contributed by atoms with Gasteiger partial charge < -0.3 is 10.1 Å². The van der Waals surface area contributed by atoms with E-state index < -0.39 is 16.0 Å². The summed E-state index contributed by atoms with van der Waals surface area (Å²) in [6, 6.07) is 6.07. The third-order valence-electron chi connectivity index (χ3n) is 4.08. The lowest BCUT2D eigenvalue weighted by Gasteiger charge is -2.09. The Bertz CT molecular complexity index is 978. The molecule has 0 bridgehead atoms. The van der Waals surface area contributed by atoms with Gasteiger partial charge in [-0.05, 0) is 56.0 Å². The number of carbonyl (C=O) groups is 2. The van der Waals surface area contributed by atoms with Gasteiger partial charge in [-0.15, -0.1) is 11.3 Å². The van der Waals surface area contributed by atoms with Gasteiger partial charge in [0.1, 0.15) is 5.00 Å². The van der Waals surface area contributed by atoms with E-state index in [1.165, 1.54) is 35.6 Å². The zero-order valence-corrected chi connectivity index (χ0v) is 16.6. The Labute approximate surface area is 161 Å². The highest BCUT2D eigenvalue weighted by Gasteiger charge is 2.28. The van der Waals surface area contributed by atoms with Crippen LogP contribution in [0, 0.1) is 0 Å². The van der Waals surface area contributed by atoms with Gasteiger partial charge >= 0.3 is 5.97 Å². The number of carbonyl (C=O) groups excluding carboxylic acids is 2. The first-order chi connectivity index (χ1) is 12.8. The highest BCUT2D eigenvalue weighted by Crippen LogP contribution is 2.39. The van der Waals surface area contributed by atoms with Crippen LogP contribution in [0.3, 0.4) is 0 Å². The molecule has 0 saturated carbocycles. The third-order valence-corrected chi connectivity index (χ3v) is 5.89. The van der Waals surface area contributed by atoms with Crippen molar-refractivity contribution >= 4 is 43.9 Å². The standard InChI is InChI=1S/C18H20N2O5S2/c1-3-25-18(22)15-13-5-4-6-14(13)26-17(15)19-16(21)11-7-9-12(10-8-11)20-27(2,23)24/h7-10,20H,3-6H2,1-2H3,(H,19,21). The number of hydrogen-bond acceptors (Lipinski definition) is 6. The molecular formula is C18H20N2O5S2. The van der Waals surface area contributed by atoms with Crippen molar-refractivity contribution in [3.8, 4) is 0 Å². The molecule has 2 aromatic rings. The molecule has 1 amide bonds. The van der Waals surface area contributed by atoms with Gasteiger partial charge in [0.05, 0.1) is 18.4 Å². The third kappa shape index (κ3) is 4.48. The molecule has 2 N–H and O–H groups in total. The summed E-state index contributed by atoms with van der Waals surface area (Å²) >= 11 is 1.41. The number of fused-ring (bicyclic) bond motifs is 1. The summed E-state index contributed by atoms with van der Waals surface area (Å²) in [5, 5.41) is 3.30. The lowest BCUT2D eigenvalue weighted by atomic mass is 10.1. The average Bonchev–Trinajstić information content (AvgIpc) is 3.14. The fraction of sp³-hybridized carbons (Fsp3) is 0.333. The molecule has 3 rings (SSSR count). The van der Waals surface area contributed by atoms with Crippen molar-refractivity contribution in [3.63, 3.8) is 0 Å². The van der Waals surface area contributed by atoms with Crippen LogP contribution >= 0.6 is 11.3 Å². The summed E-state index contributed by atoms with van der Waals surface area (Å²) in [7, 11) is -3.38. The molecule has 1 aliphatic rings. The second-order valence-corrected chi connectivity index (χ2v) is 9.04. The number of ether oxygens (including phenoxy) is 1. The van der Waals surface area contributed by atoms with E-state index >= 15 is 0 Å². The molecule has 1 aromatic heterocycles. The number of thiophene rings is 1. The van der Waals surface area contributed by atoms with Gasteiger partial charge in [-0.2, -0.15) is 0 Å². The molecule has 0 saturated heterocycles. The minimum Gasteiger partial charge on any atom is -0.462 e. The summed E-state index contributed by atoms with van der Waals surface area (Å²) < 4.78 is 30.0.